The smallest absolute Gasteiger partial charge is 0.0220 e. The molecule has 2 atom stereocenters. The molecule has 1 rings (SSSR count). The Morgan fingerprint density at radius 1 is 1.24 bits per heavy atom. The average molecular weight is 240 g/mol. The fourth-order valence-corrected chi connectivity index (χ4v) is 3.22. The van der Waals surface area contributed by atoms with Gasteiger partial charge in [0.05, 0.1) is 0 Å². The van der Waals surface area contributed by atoms with Crippen molar-refractivity contribution >= 4 is 0 Å². The van der Waals surface area contributed by atoms with Crippen LogP contribution in [0.3, 0.4) is 0 Å². The minimum absolute atomic E-state index is 0.597. The Kier molecular flexibility index (Phi) is 7.14. The van der Waals surface area contributed by atoms with E-state index >= 15 is 0 Å². The van der Waals surface area contributed by atoms with Crippen LogP contribution in [0.15, 0.2) is 0 Å². The highest BCUT2D eigenvalue weighted by molar-refractivity contribution is 4.79. The zero-order valence-electron chi connectivity index (χ0n) is 12.1. The summed E-state index contributed by atoms with van der Waals surface area (Å²) >= 11 is 0. The van der Waals surface area contributed by atoms with Crippen LogP contribution in [-0.2, 0) is 0 Å². The Hall–Kier alpha value is -0.0800. The van der Waals surface area contributed by atoms with E-state index in [0.717, 1.165) is 12.5 Å². The molecule has 2 nitrogen and oxygen atoms in total. The molecule has 0 aromatic rings. The number of hydrogen-bond acceptors (Lipinski definition) is 2. The number of rotatable bonds is 7. The first-order valence-electron chi connectivity index (χ1n) is 7.61. The molecule has 1 saturated carbocycles. The summed E-state index contributed by atoms with van der Waals surface area (Å²) in [5, 5.41) is 0. The minimum Gasteiger partial charge on any atom is -0.329 e. The molecule has 102 valence electrons. The van der Waals surface area contributed by atoms with Crippen molar-refractivity contribution in [3.63, 3.8) is 0 Å². The van der Waals surface area contributed by atoms with Crippen LogP contribution < -0.4 is 5.73 Å². The van der Waals surface area contributed by atoms with Crippen LogP contribution in [0, 0.1) is 5.92 Å². The number of nitrogens with two attached hydrogens (primary N) is 1. The van der Waals surface area contributed by atoms with Crippen molar-refractivity contribution in [2.45, 2.75) is 77.3 Å². The van der Waals surface area contributed by atoms with Crippen LogP contribution in [-0.4, -0.2) is 30.6 Å². The van der Waals surface area contributed by atoms with E-state index in [1.165, 1.54) is 51.4 Å². The lowest BCUT2D eigenvalue weighted by atomic mass is 9.84. The van der Waals surface area contributed by atoms with Gasteiger partial charge in [0.15, 0.2) is 0 Å². The molecule has 2 unspecified atom stereocenters. The maximum Gasteiger partial charge on any atom is 0.0220 e. The SMILES string of the molecule is CCCC(C)N(C)C(CN)CC1CCCCC1. The number of nitrogens with zero attached hydrogens (tertiary/aromatic N) is 1. The molecule has 2 heteroatoms. The van der Waals surface area contributed by atoms with Crippen molar-refractivity contribution in [3.8, 4) is 0 Å². The highest BCUT2D eigenvalue weighted by atomic mass is 15.2. The second kappa shape index (κ2) is 8.10. The van der Waals surface area contributed by atoms with Crippen molar-refractivity contribution in [1.82, 2.24) is 4.90 Å². The topological polar surface area (TPSA) is 29.3 Å². The molecule has 1 fully saturated rings. The maximum atomic E-state index is 5.98. The molecule has 0 amide bonds. The normalized spacial score (nSPS) is 21.7. The predicted molar refractivity (Wildman–Crippen MR) is 76.2 cm³/mol. The molecule has 0 aliphatic heterocycles. The fraction of sp³-hybridized carbons (Fsp3) is 1.00. The summed E-state index contributed by atoms with van der Waals surface area (Å²) < 4.78 is 0. The second-order valence-corrected chi connectivity index (χ2v) is 5.93. The van der Waals surface area contributed by atoms with Crippen molar-refractivity contribution in [2.75, 3.05) is 13.6 Å². The Labute approximate surface area is 108 Å². The van der Waals surface area contributed by atoms with Crippen molar-refractivity contribution in [2.24, 2.45) is 11.7 Å². The standard InChI is InChI=1S/C15H32N2/c1-4-8-13(2)17(3)15(12-16)11-14-9-6-5-7-10-14/h13-15H,4-12,16H2,1-3H3. The third kappa shape index (κ3) is 4.97. The van der Waals surface area contributed by atoms with E-state index in [9.17, 15) is 0 Å². The number of hydrogen-bond donors (Lipinski definition) is 1. The molecule has 0 bridgehead atoms. The molecule has 2 N–H and O–H groups in total. The molecule has 1 aliphatic carbocycles. The van der Waals surface area contributed by atoms with Gasteiger partial charge in [-0.3, -0.25) is 4.90 Å². The summed E-state index contributed by atoms with van der Waals surface area (Å²) in [6, 6.07) is 1.27. The highest BCUT2D eigenvalue weighted by Crippen LogP contribution is 2.28. The Morgan fingerprint density at radius 3 is 2.41 bits per heavy atom. The molecule has 1 aliphatic rings. The molecule has 0 spiro atoms. The molecular formula is C15H32N2. The van der Waals surface area contributed by atoms with E-state index in [-0.39, 0.29) is 0 Å². The van der Waals surface area contributed by atoms with Crippen LogP contribution >= 0.6 is 0 Å². The average Bonchev–Trinajstić information content (AvgIpc) is 2.36. The van der Waals surface area contributed by atoms with Crippen LogP contribution in [0.25, 0.3) is 0 Å². The lowest BCUT2D eigenvalue weighted by Gasteiger charge is -2.35. The first-order chi connectivity index (χ1) is 8.19. The van der Waals surface area contributed by atoms with Crippen LogP contribution in [0.2, 0.25) is 0 Å². The van der Waals surface area contributed by atoms with Gasteiger partial charge >= 0.3 is 0 Å². The van der Waals surface area contributed by atoms with E-state index < -0.39 is 0 Å². The lowest BCUT2D eigenvalue weighted by Crippen LogP contribution is -2.44. The largest absolute Gasteiger partial charge is 0.329 e. The first kappa shape index (κ1) is 15.0. The molecule has 0 aromatic carbocycles. The van der Waals surface area contributed by atoms with E-state index in [0.29, 0.717) is 12.1 Å². The predicted octanol–water partition coefficient (Wildman–Crippen LogP) is 3.40. The summed E-state index contributed by atoms with van der Waals surface area (Å²) in [4.78, 5) is 2.53. The molecule has 0 radical (unpaired) electrons. The third-order valence-electron chi connectivity index (χ3n) is 4.58. The Morgan fingerprint density at radius 2 is 1.88 bits per heavy atom. The van der Waals surface area contributed by atoms with Gasteiger partial charge in [0.1, 0.15) is 0 Å². The van der Waals surface area contributed by atoms with Gasteiger partial charge in [0.2, 0.25) is 0 Å². The van der Waals surface area contributed by atoms with Crippen LogP contribution in [0.5, 0.6) is 0 Å². The van der Waals surface area contributed by atoms with Gasteiger partial charge < -0.3 is 5.73 Å². The zero-order chi connectivity index (χ0) is 12.7. The Bertz CT molecular complexity index is 187. The van der Waals surface area contributed by atoms with E-state index in [2.05, 4.69) is 25.8 Å². The highest BCUT2D eigenvalue weighted by Gasteiger charge is 2.23. The summed E-state index contributed by atoms with van der Waals surface area (Å²) in [6.07, 6.45) is 11.1. The monoisotopic (exact) mass is 240 g/mol. The first-order valence-corrected chi connectivity index (χ1v) is 7.61. The quantitative estimate of drug-likeness (QED) is 0.739. The molecule has 0 heterocycles. The third-order valence-corrected chi connectivity index (χ3v) is 4.58. The Balaban J connectivity index is 2.39. The van der Waals surface area contributed by atoms with Gasteiger partial charge in [-0.2, -0.15) is 0 Å². The summed E-state index contributed by atoms with van der Waals surface area (Å²) in [7, 11) is 2.26. The fourth-order valence-electron chi connectivity index (χ4n) is 3.22. The van der Waals surface area contributed by atoms with Crippen molar-refractivity contribution < 1.29 is 0 Å². The lowest BCUT2D eigenvalue weighted by molar-refractivity contribution is 0.144. The molecule has 0 aromatic heterocycles. The van der Waals surface area contributed by atoms with Gasteiger partial charge in [-0.05, 0) is 32.7 Å². The maximum absolute atomic E-state index is 5.98. The molecular weight excluding hydrogens is 208 g/mol. The van der Waals surface area contributed by atoms with Crippen molar-refractivity contribution in [1.29, 1.82) is 0 Å². The van der Waals surface area contributed by atoms with Crippen LogP contribution in [0.1, 0.15) is 65.2 Å². The minimum atomic E-state index is 0.597. The van der Waals surface area contributed by atoms with Crippen molar-refractivity contribution in [3.05, 3.63) is 0 Å². The summed E-state index contributed by atoms with van der Waals surface area (Å²) in [5.74, 6) is 0.938. The summed E-state index contributed by atoms with van der Waals surface area (Å²) in [6.45, 7) is 5.43. The van der Waals surface area contributed by atoms with Gasteiger partial charge in [-0.25, -0.2) is 0 Å². The van der Waals surface area contributed by atoms with Crippen LogP contribution in [0.4, 0.5) is 0 Å². The zero-order valence-corrected chi connectivity index (χ0v) is 12.1. The van der Waals surface area contributed by atoms with E-state index in [4.69, 9.17) is 5.73 Å². The second-order valence-electron chi connectivity index (χ2n) is 5.93. The van der Waals surface area contributed by atoms with Gasteiger partial charge in [-0.1, -0.05) is 45.4 Å². The molecule has 0 saturated heterocycles. The summed E-state index contributed by atoms with van der Waals surface area (Å²) in [5.41, 5.74) is 5.98. The van der Waals surface area contributed by atoms with E-state index in [1.54, 1.807) is 0 Å². The van der Waals surface area contributed by atoms with Gasteiger partial charge in [0, 0.05) is 18.6 Å². The van der Waals surface area contributed by atoms with E-state index in [1.807, 2.05) is 0 Å². The van der Waals surface area contributed by atoms with Gasteiger partial charge in [-0.15, -0.1) is 0 Å². The van der Waals surface area contributed by atoms with Gasteiger partial charge in [0.25, 0.3) is 0 Å². The molecule has 17 heavy (non-hydrogen) atoms. The number of likely N-dealkylation sites (N-methyl/N-ethyl adjacent to an activating group) is 1.